The molecular weight excluding hydrogens is 271 g/mol. The minimum atomic E-state index is -3.43. The smallest absolute Gasteiger partial charge is 0.232 e. The third-order valence-electron chi connectivity index (χ3n) is 1.90. The van der Waals surface area contributed by atoms with E-state index >= 15 is 0 Å². The molecule has 0 aromatic heterocycles. The van der Waals surface area contributed by atoms with Crippen LogP contribution in [0.4, 0.5) is 4.39 Å². The van der Waals surface area contributed by atoms with Crippen LogP contribution in [0.5, 0.6) is 0 Å². The lowest BCUT2D eigenvalue weighted by atomic mass is 10.2. The molecule has 1 aromatic rings. The van der Waals surface area contributed by atoms with Crippen LogP contribution in [-0.2, 0) is 15.5 Å². The van der Waals surface area contributed by atoms with Crippen molar-refractivity contribution in [2.75, 3.05) is 18.2 Å². The Morgan fingerprint density at radius 1 is 1.25 bits per heavy atom. The van der Waals surface area contributed by atoms with Crippen LogP contribution in [0.2, 0.25) is 0 Å². The van der Waals surface area contributed by atoms with Crippen LogP contribution in [0, 0.1) is 0 Å². The topological polar surface area (TPSA) is 34.1 Å². The van der Waals surface area contributed by atoms with Gasteiger partial charge in [0, 0.05) is 21.3 Å². The van der Waals surface area contributed by atoms with Crippen LogP contribution in [-0.4, -0.2) is 26.6 Å². The molecule has 0 amide bonds. The molecule has 90 valence electrons. The molecule has 0 aliphatic rings. The van der Waals surface area contributed by atoms with Crippen molar-refractivity contribution in [3.63, 3.8) is 0 Å². The fraction of sp³-hybridized carbons (Fsp3) is 0.400. The highest BCUT2D eigenvalue weighted by molar-refractivity contribution is 8.13. The Morgan fingerprint density at radius 2 is 1.88 bits per heavy atom. The Labute approximate surface area is 104 Å². The predicted octanol–water partition coefficient (Wildman–Crippen LogP) is 2.86. The summed E-state index contributed by atoms with van der Waals surface area (Å²) >= 11 is 1.43. The summed E-state index contributed by atoms with van der Waals surface area (Å²) in [6.07, 6.45) is 0.403. The first-order valence-corrected chi connectivity index (χ1v) is 8.18. The molecule has 1 rings (SSSR count). The molecule has 0 atom stereocenters. The van der Waals surface area contributed by atoms with Crippen molar-refractivity contribution in [2.24, 2.45) is 0 Å². The Hall–Kier alpha value is -0.260. The zero-order chi connectivity index (χ0) is 12.0. The first-order valence-electron chi connectivity index (χ1n) is 4.71. The molecule has 1 aromatic carbocycles. The molecule has 6 heteroatoms. The van der Waals surface area contributed by atoms with Crippen LogP contribution in [0.25, 0.3) is 0 Å². The first kappa shape index (κ1) is 13.8. The van der Waals surface area contributed by atoms with Crippen molar-refractivity contribution in [3.05, 3.63) is 29.8 Å². The minimum absolute atomic E-state index is 0.0640. The van der Waals surface area contributed by atoms with Crippen molar-refractivity contribution in [1.82, 2.24) is 0 Å². The molecule has 0 saturated heterocycles. The summed E-state index contributed by atoms with van der Waals surface area (Å²) in [4.78, 5) is 0.982. The average molecular weight is 283 g/mol. The number of benzene rings is 1. The number of aryl methyl sites for hydroxylation is 1. The van der Waals surface area contributed by atoms with Gasteiger partial charge in [-0.15, -0.1) is 11.8 Å². The molecule has 0 N–H and O–H groups in total. The van der Waals surface area contributed by atoms with E-state index in [1.807, 2.05) is 24.3 Å². The fourth-order valence-electron chi connectivity index (χ4n) is 1.15. The second kappa shape index (κ2) is 6.47. The Balaban J connectivity index is 2.51. The molecule has 2 nitrogen and oxygen atoms in total. The molecular formula is C10H12ClFO2S2. The Bertz CT molecular complexity index is 417. The third kappa shape index (κ3) is 5.72. The molecule has 0 fully saturated rings. The van der Waals surface area contributed by atoms with Gasteiger partial charge in [0.05, 0.1) is 12.4 Å². The zero-order valence-electron chi connectivity index (χ0n) is 8.53. The van der Waals surface area contributed by atoms with E-state index in [4.69, 9.17) is 10.7 Å². The van der Waals surface area contributed by atoms with Crippen molar-refractivity contribution in [2.45, 2.75) is 11.3 Å². The van der Waals surface area contributed by atoms with Crippen LogP contribution < -0.4 is 0 Å². The maximum atomic E-state index is 11.9. The summed E-state index contributed by atoms with van der Waals surface area (Å²) in [6, 6.07) is 7.39. The monoisotopic (exact) mass is 282 g/mol. The molecule has 0 spiro atoms. The van der Waals surface area contributed by atoms with E-state index in [0.717, 1.165) is 10.5 Å². The van der Waals surface area contributed by atoms with Crippen molar-refractivity contribution < 1.29 is 12.8 Å². The van der Waals surface area contributed by atoms with E-state index < -0.39 is 9.05 Å². The Morgan fingerprint density at radius 3 is 2.38 bits per heavy atom. The molecule has 16 heavy (non-hydrogen) atoms. The van der Waals surface area contributed by atoms with E-state index in [1.54, 1.807) is 0 Å². The highest BCUT2D eigenvalue weighted by Gasteiger charge is 2.05. The third-order valence-corrected chi connectivity index (χ3v) is 4.02. The van der Waals surface area contributed by atoms with Crippen LogP contribution >= 0.6 is 22.4 Å². The lowest BCUT2D eigenvalue weighted by Gasteiger charge is -2.02. The van der Waals surface area contributed by atoms with Gasteiger partial charge in [0.15, 0.2) is 0 Å². The molecule has 0 bridgehead atoms. The number of thioether (sulfide) groups is 1. The van der Waals surface area contributed by atoms with Gasteiger partial charge in [-0.2, -0.15) is 0 Å². The van der Waals surface area contributed by atoms with Gasteiger partial charge >= 0.3 is 0 Å². The van der Waals surface area contributed by atoms with E-state index in [-0.39, 0.29) is 12.4 Å². The highest BCUT2D eigenvalue weighted by atomic mass is 35.7. The minimum Gasteiger partial charge on any atom is -0.250 e. The fourth-order valence-corrected chi connectivity index (χ4v) is 2.50. The lowest BCUT2D eigenvalue weighted by Crippen LogP contribution is -2.00. The van der Waals surface area contributed by atoms with E-state index in [2.05, 4.69) is 0 Å². The standard InChI is InChI=1S/C10H12ClFO2S2/c11-16(13,14)8-5-9-1-3-10(4-2-9)15-7-6-12/h1-4H,5-8H2. The molecule has 0 aliphatic carbocycles. The molecule has 0 radical (unpaired) electrons. The quantitative estimate of drug-likeness (QED) is 0.594. The van der Waals surface area contributed by atoms with Gasteiger partial charge < -0.3 is 0 Å². The maximum Gasteiger partial charge on any atom is 0.232 e. The zero-order valence-corrected chi connectivity index (χ0v) is 10.9. The van der Waals surface area contributed by atoms with Gasteiger partial charge in [0.1, 0.15) is 0 Å². The summed E-state index contributed by atoms with van der Waals surface area (Å²) in [7, 11) is 1.68. The number of hydrogen-bond acceptors (Lipinski definition) is 3. The molecule has 0 unspecified atom stereocenters. The van der Waals surface area contributed by atoms with Crippen LogP contribution in [0.3, 0.4) is 0 Å². The number of rotatable bonds is 6. The summed E-state index contributed by atoms with van der Waals surface area (Å²) in [5.41, 5.74) is 0.911. The summed E-state index contributed by atoms with van der Waals surface area (Å²) in [6.45, 7) is -0.350. The second-order valence-electron chi connectivity index (χ2n) is 3.17. The highest BCUT2D eigenvalue weighted by Crippen LogP contribution is 2.18. The lowest BCUT2D eigenvalue weighted by molar-refractivity contribution is 0.533. The van der Waals surface area contributed by atoms with Gasteiger partial charge in [0.2, 0.25) is 9.05 Å². The summed E-state index contributed by atoms with van der Waals surface area (Å²) in [5.74, 6) is 0.376. The van der Waals surface area contributed by atoms with Gasteiger partial charge in [-0.3, -0.25) is 4.39 Å². The van der Waals surface area contributed by atoms with Crippen molar-refractivity contribution in [1.29, 1.82) is 0 Å². The predicted molar refractivity (Wildman–Crippen MR) is 66.5 cm³/mol. The summed E-state index contributed by atoms with van der Waals surface area (Å²) < 4.78 is 33.4. The molecule has 0 aliphatic heterocycles. The average Bonchev–Trinajstić information content (AvgIpc) is 2.24. The molecule has 0 saturated carbocycles. The van der Waals surface area contributed by atoms with E-state index in [0.29, 0.717) is 12.2 Å². The normalized spacial score (nSPS) is 11.6. The molecule has 0 heterocycles. The largest absolute Gasteiger partial charge is 0.250 e. The second-order valence-corrected chi connectivity index (χ2v) is 7.24. The van der Waals surface area contributed by atoms with Crippen LogP contribution in [0.15, 0.2) is 29.2 Å². The van der Waals surface area contributed by atoms with E-state index in [9.17, 15) is 12.8 Å². The van der Waals surface area contributed by atoms with Gasteiger partial charge in [-0.1, -0.05) is 12.1 Å². The van der Waals surface area contributed by atoms with Gasteiger partial charge in [0.25, 0.3) is 0 Å². The number of alkyl halides is 1. The first-order chi connectivity index (χ1) is 7.51. The summed E-state index contributed by atoms with van der Waals surface area (Å²) in [5, 5.41) is 0. The van der Waals surface area contributed by atoms with Crippen molar-refractivity contribution in [3.8, 4) is 0 Å². The number of hydrogen-bond donors (Lipinski definition) is 0. The van der Waals surface area contributed by atoms with Gasteiger partial charge in [-0.05, 0) is 24.1 Å². The number of halogens is 2. The van der Waals surface area contributed by atoms with Crippen LogP contribution in [0.1, 0.15) is 5.56 Å². The van der Waals surface area contributed by atoms with Gasteiger partial charge in [-0.25, -0.2) is 8.42 Å². The Kier molecular flexibility index (Phi) is 5.58. The SMILES string of the molecule is O=S(=O)(Cl)CCc1ccc(SCCF)cc1. The van der Waals surface area contributed by atoms with Crippen molar-refractivity contribution >= 4 is 31.5 Å². The maximum absolute atomic E-state index is 11.9. The van der Waals surface area contributed by atoms with E-state index in [1.165, 1.54) is 11.8 Å².